The highest BCUT2D eigenvalue weighted by atomic mass is 16.7. The highest BCUT2D eigenvalue weighted by Gasteiger charge is 2.37. The van der Waals surface area contributed by atoms with Gasteiger partial charge in [0.15, 0.2) is 6.10 Å². The molecule has 23 heavy (non-hydrogen) atoms. The van der Waals surface area contributed by atoms with Gasteiger partial charge in [0, 0.05) is 25.3 Å². The Balaban J connectivity index is 2.06. The summed E-state index contributed by atoms with van der Waals surface area (Å²) in [7, 11) is 1.26. The van der Waals surface area contributed by atoms with Crippen LogP contribution in [0.25, 0.3) is 0 Å². The summed E-state index contributed by atoms with van der Waals surface area (Å²) in [5.41, 5.74) is 0.520. The topological polar surface area (TPSA) is 88.1 Å². The van der Waals surface area contributed by atoms with E-state index in [1.165, 1.54) is 14.0 Å². The lowest BCUT2D eigenvalue weighted by molar-refractivity contribution is -0.204. The lowest BCUT2D eigenvalue weighted by Gasteiger charge is -2.33. The van der Waals surface area contributed by atoms with Crippen LogP contribution in [0.1, 0.15) is 30.1 Å². The summed E-state index contributed by atoms with van der Waals surface area (Å²) >= 11 is 0. The summed E-state index contributed by atoms with van der Waals surface area (Å²) in [5, 5.41) is 0. The number of methoxy groups -OCH3 is 1. The zero-order valence-electron chi connectivity index (χ0n) is 12.9. The van der Waals surface area contributed by atoms with Crippen LogP contribution >= 0.6 is 0 Å². The van der Waals surface area contributed by atoms with Crippen molar-refractivity contribution in [1.29, 1.82) is 0 Å². The third-order valence-electron chi connectivity index (χ3n) is 3.33. The number of hydrogen-bond donors (Lipinski definition) is 0. The third-order valence-corrected chi connectivity index (χ3v) is 3.33. The van der Waals surface area contributed by atoms with Crippen LogP contribution in [0.3, 0.4) is 0 Å². The summed E-state index contributed by atoms with van der Waals surface area (Å²) in [4.78, 5) is 33.5. The van der Waals surface area contributed by atoms with Crippen molar-refractivity contribution in [3.8, 4) is 5.75 Å². The molecule has 0 N–H and O–H groups in total. The minimum atomic E-state index is -0.864. The van der Waals surface area contributed by atoms with Crippen molar-refractivity contribution in [2.45, 2.75) is 38.3 Å². The normalized spacial score (nSPS) is 23.7. The second-order valence-corrected chi connectivity index (χ2v) is 5.09. The van der Waals surface area contributed by atoms with E-state index in [0.717, 1.165) is 6.29 Å². The van der Waals surface area contributed by atoms with E-state index < -0.39 is 30.4 Å². The van der Waals surface area contributed by atoms with Gasteiger partial charge in [-0.3, -0.25) is 9.59 Å². The molecule has 1 fully saturated rings. The van der Waals surface area contributed by atoms with E-state index in [0.29, 0.717) is 17.7 Å². The maximum atomic E-state index is 11.7. The third kappa shape index (κ3) is 4.79. The van der Waals surface area contributed by atoms with Crippen molar-refractivity contribution in [1.82, 2.24) is 0 Å². The Labute approximate surface area is 133 Å². The van der Waals surface area contributed by atoms with Crippen LogP contribution in [0.5, 0.6) is 5.75 Å². The molecular formula is C16H18O7. The summed E-state index contributed by atoms with van der Waals surface area (Å²) in [6.45, 7) is 1.30. The second kappa shape index (κ2) is 7.73. The van der Waals surface area contributed by atoms with Gasteiger partial charge >= 0.3 is 11.9 Å². The van der Waals surface area contributed by atoms with E-state index in [4.69, 9.17) is 14.2 Å². The van der Waals surface area contributed by atoms with Crippen LogP contribution in [0.4, 0.5) is 0 Å². The van der Waals surface area contributed by atoms with Crippen molar-refractivity contribution in [3.63, 3.8) is 0 Å². The number of rotatable bonds is 5. The molecule has 0 radical (unpaired) electrons. The largest absolute Gasteiger partial charge is 0.467 e. The first-order chi connectivity index (χ1) is 11.0. The van der Waals surface area contributed by atoms with Crippen LogP contribution in [0.15, 0.2) is 24.3 Å². The van der Waals surface area contributed by atoms with E-state index in [1.807, 2.05) is 0 Å². The number of carbonyl (C=O) groups is 3. The number of ether oxygens (including phenoxy) is 4. The lowest BCUT2D eigenvalue weighted by Crippen LogP contribution is -2.44. The highest BCUT2D eigenvalue weighted by molar-refractivity contribution is 5.75. The van der Waals surface area contributed by atoms with E-state index in [-0.39, 0.29) is 6.42 Å². The molecule has 1 aromatic rings. The minimum absolute atomic E-state index is 0.218. The van der Waals surface area contributed by atoms with Gasteiger partial charge in [0.05, 0.1) is 7.11 Å². The van der Waals surface area contributed by atoms with E-state index >= 15 is 0 Å². The van der Waals surface area contributed by atoms with Gasteiger partial charge < -0.3 is 18.9 Å². The van der Waals surface area contributed by atoms with Crippen molar-refractivity contribution < 1.29 is 33.3 Å². The Morgan fingerprint density at radius 2 is 1.91 bits per heavy atom. The first-order valence-electron chi connectivity index (χ1n) is 7.14. The molecule has 1 aliphatic heterocycles. The fraction of sp³-hybridized carbons (Fsp3) is 0.438. The number of aldehydes is 1. The molecule has 0 aliphatic carbocycles. The second-order valence-electron chi connectivity index (χ2n) is 5.09. The molecule has 124 valence electrons. The van der Waals surface area contributed by atoms with Crippen LogP contribution in [0, 0.1) is 0 Å². The van der Waals surface area contributed by atoms with Gasteiger partial charge in [-0.05, 0) is 24.3 Å². The first-order valence-corrected chi connectivity index (χ1v) is 7.14. The SMILES string of the molecule is COC(=O)C1CC(OC(C)=O)CC(Oc2ccc(C=O)cc2)O1. The van der Waals surface area contributed by atoms with Crippen LogP contribution in [-0.2, 0) is 23.8 Å². The molecular weight excluding hydrogens is 304 g/mol. The highest BCUT2D eigenvalue weighted by Crippen LogP contribution is 2.26. The maximum absolute atomic E-state index is 11.7. The quantitative estimate of drug-likeness (QED) is 0.599. The van der Waals surface area contributed by atoms with Gasteiger partial charge in [-0.1, -0.05) is 0 Å². The molecule has 3 unspecified atom stereocenters. The molecule has 1 aliphatic rings. The Kier molecular flexibility index (Phi) is 5.70. The molecule has 3 atom stereocenters. The van der Waals surface area contributed by atoms with Gasteiger partial charge in [0.25, 0.3) is 0 Å². The maximum Gasteiger partial charge on any atom is 0.335 e. The average molecular weight is 322 g/mol. The zero-order chi connectivity index (χ0) is 16.8. The monoisotopic (exact) mass is 322 g/mol. The number of hydrogen-bond acceptors (Lipinski definition) is 7. The average Bonchev–Trinajstić information content (AvgIpc) is 2.54. The van der Waals surface area contributed by atoms with Crippen LogP contribution in [-0.4, -0.2) is 43.8 Å². The summed E-state index contributed by atoms with van der Waals surface area (Å²) < 4.78 is 21.0. The minimum Gasteiger partial charge on any atom is -0.467 e. The molecule has 0 aromatic heterocycles. The molecule has 0 amide bonds. The molecule has 7 nitrogen and oxygen atoms in total. The number of benzene rings is 1. The fourth-order valence-electron chi connectivity index (χ4n) is 2.31. The summed E-state index contributed by atoms with van der Waals surface area (Å²) in [5.74, 6) is -0.506. The van der Waals surface area contributed by atoms with E-state index in [9.17, 15) is 14.4 Å². The van der Waals surface area contributed by atoms with Crippen molar-refractivity contribution in [2.75, 3.05) is 7.11 Å². The Bertz CT molecular complexity index is 566. The molecule has 0 saturated carbocycles. The van der Waals surface area contributed by atoms with Gasteiger partial charge in [-0.2, -0.15) is 0 Å². The van der Waals surface area contributed by atoms with Crippen molar-refractivity contribution in [3.05, 3.63) is 29.8 Å². The van der Waals surface area contributed by atoms with Gasteiger partial charge in [0.1, 0.15) is 18.1 Å². The molecule has 0 spiro atoms. The van der Waals surface area contributed by atoms with Crippen LogP contribution < -0.4 is 4.74 Å². The molecule has 1 aromatic carbocycles. The standard InChI is InChI=1S/C16H18O7/c1-10(18)21-13-7-14(16(19)20-2)23-15(8-13)22-12-5-3-11(9-17)4-6-12/h3-6,9,13-15H,7-8H2,1-2H3. The van der Waals surface area contributed by atoms with Crippen molar-refractivity contribution >= 4 is 18.2 Å². The Hall–Kier alpha value is -2.41. The predicted molar refractivity (Wildman–Crippen MR) is 77.9 cm³/mol. The smallest absolute Gasteiger partial charge is 0.335 e. The Morgan fingerprint density at radius 1 is 1.22 bits per heavy atom. The molecule has 0 bridgehead atoms. The molecule has 7 heteroatoms. The van der Waals surface area contributed by atoms with E-state index in [2.05, 4.69) is 4.74 Å². The molecule has 1 heterocycles. The van der Waals surface area contributed by atoms with Gasteiger partial charge in [-0.15, -0.1) is 0 Å². The van der Waals surface area contributed by atoms with Crippen molar-refractivity contribution in [2.24, 2.45) is 0 Å². The Morgan fingerprint density at radius 3 is 2.48 bits per heavy atom. The zero-order valence-corrected chi connectivity index (χ0v) is 12.9. The number of carbonyl (C=O) groups excluding carboxylic acids is 3. The number of esters is 2. The summed E-state index contributed by atoms with van der Waals surface area (Å²) in [6, 6.07) is 6.45. The molecule has 2 rings (SSSR count). The van der Waals surface area contributed by atoms with Gasteiger partial charge in [-0.25, -0.2) is 4.79 Å². The predicted octanol–water partition coefficient (Wildman–Crippen LogP) is 1.49. The van der Waals surface area contributed by atoms with Crippen LogP contribution in [0.2, 0.25) is 0 Å². The van der Waals surface area contributed by atoms with Gasteiger partial charge in [0.2, 0.25) is 6.29 Å². The van der Waals surface area contributed by atoms with E-state index in [1.54, 1.807) is 24.3 Å². The fourth-order valence-corrected chi connectivity index (χ4v) is 2.31. The molecule has 1 saturated heterocycles. The first kappa shape index (κ1) is 17.0. The lowest BCUT2D eigenvalue weighted by atomic mass is 10.0. The summed E-state index contributed by atoms with van der Waals surface area (Å²) in [6.07, 6.45) is -0.884.